The van der Waals surface area contributed by atoms with Crippen LogP contribution in [-0.2, 0) is 36.4 Å². The number of hydrogen-bond acceptors (Lipinski definition) is 12. The van der Waals surface area contributed by atoms with E-state index in [9.17, 15) is 32.9 Å². The predicted octanol–water partition coefficient (Wildman–Crippen LogP) is 5.44. The summed E-state index contributed by atoms with van der Waals surface area (Å²) in [7, 11) is -0.791. The topological polar surface area (TPSA) is 214 Å². The Balaban J connectivity index is 0.00000308. The van der Waals surface area contributed by atoms with Gasteiger partial charge in [0.1, 0.15) is 17.4 Å². The van der Waals surface area contributed by atoms with Gasteiger partial charge in [-0.15, -0.1) is 0 Å². The molecule has 0 radical (unpaired) electrons. The number of carbonyl (C=O) groups is 3. The lowest BCUT2D eigenvalue weighted by atomic mass is 9.87. The van der Waals surface area contributed by atoms with Gasteiger partial charge in [0.15, 0.2) is 11.6 Å². The summed E-state index contributed by atoms with van der Waals surface area (Å²) < 4.78 is 59.4. The van der Waals surface area contributed by atoms with Gasteiger partial charge in [-0.05, 0) is 99.5 Å². The van der Waals surface area contributed by atoms with Crippen molar-refractivity contribution in [3.63, 3.8) is 0 Å². The molecule has 4 saturated heterocycles. The highest BCUT2D eigenvalue weighted by Gasteiger charge is 2.44. The highest BCUT2D eigenvalue weighted by molar-refractivity contribution is 7.90. The van der Waals surface area contributed by atoms with Crippen molar-refractivity contribution in [1.29, 1.82) is 5.26 Å². The molecule has 1 unspecified atom stereocenters. The molecule has 2 atom stereocenters. The summed E-state index contributed by atoms with van der Waals surface area (Å²) in [6, 6.07) is 14.4. The van der Waals surface area contributed by atoms with E-state index in [2.05, 4.69) is 37.2 Å². The van der Waals surface area contributed by atoms with E-state index in [0.717, 1.165) is 53.3 Å². The quantitative estimate of drug-likeness (QED) is 0.158. The molecule has 360 valence electrons. The Bertz CT molecular complexity index is 2970. The number of ether oxygens (including phenoxy) is 2. The first-order valence-corrected chi connectivity index (χ1v) is 24.7. The molecule has 6 heterocycles. The molecule has 0 saturated carbocycles. The maximum absolute atomic E-state index is 15.1. The predicted molar refractivity (Wildman–Crippen MR) is 252 cm³/mol. The van der Waals surface area contributed by atoms with Gasteiger partial charge in [0.05, 0.1) is 64.8 Å². The van der Waals surface area contributed by atoms with Crippen LogP contribution in [0.2, 0.25) is 0 Å². The number of aromatic nitrogens is 4. The number of fused-ring (bicyclic) bond motifs is 2. The van der Waals surface area contributed by atoms with Gasteiger partial charge in [-0.3, -0.25) is 43.4 Å². The molecule has 18 nitrogen and oxygen atoms in total. The van der Waals surface area contributed by atoms with Gasteiger partial charge in [0.2, 0.25) is 17.7 Å². The number of imide groups is 1. The molecule has 2 N–H and O–H groups in total. The summed E-state index contributed by atoms with van der Waals surface area (Å²) in [4.78, 5) is 60.5. The monoisotopic (exact) mass is 952 g/mol. The minimum absolute atomic E-state index is 0.0480. The summed E-state index contributed by atoms with van der Waals surface area (Å²) in [6.07, 6.45) is 5.87. The van der Waals surface area contributed by atoms with Crippen molar-refractivity contribution in [3.8, 4) is 17.6 Å². The third-order valence-electron chi connectivity index (χ3n) is 13.8. The van der Waals surface area contributed by atoms with Gasteiger partial charge < -0.3 is 14.4 Å². The minimum Gasteiger partial charge on any atom is -0.453 e. The van der Waals surface area contributed by atoms with Crippen LogP contribution in [0, 0.1) is 17.1 Å². The van der Waals surface area contributed by atoms with Crippen LogP contribution >= 0.6 is 0 Å². The second-order valence-electron chi connectivity index (χ2n) is 17.7. The molecule has 20 heteroatoms. The number of likely N-dealkylation sites (tertiary alicyclic amines) is 2. The number of rotatable bonds is 11. The van der Waals surface area contributed by atoms with Crippen LogP contribution in [-0.4, -0.2) is 118 Å². The normalized spacial score (nSPS) is 20.1. The number of anilines is 1. The summed E-state index contributed by atoms with van der Waals surface area (Å²) in [5, 5.41) is 18.2. The molecule has 5 aromatic rings. The van der Waals surface area contributed by atoms with Crippen molar-refractivity contribution in [2.24, 2.45) is 7.05 Å². The molecule has 0 bridgehead atoms. The van der Waals surface area contributed by atoms with Gasteiger partial charge in [0.25, 0.3) is 5.56 Å². The Labute approximate surface area is 394 Å². The molecule has 1 spiro atoms. The molecule has 2 aromatic heterocycles. The fraction of sp³-hybridized carbons (Fsp3) is 0.479. The standard InChI is InChI=1S/C46H51FN10O8S.C2H6/c1-4-53(2)66(62,63)52-38-11-9-36(47)43(35(38)24-48)65-31-6-10-37-34(22-31)45(61)57(27-49-37)30-23-46(64-26-30)15-19-56(20-16-46)41(59)25-55-17-13-28(14-18-55)29-5-7-32-39(21-29)54(3)51-42(32)33-8-12-40(58)50-44(33)60;1-2/h5-7,9-11,21-22,27-28,30,33,52H,4,8,12-20,23,25-26H2,1-3H3,(H,50,58,60);1-2H3/t30-,33?;/m1./s1. The molecule has 4 fully saturated rings. The van der Waals surface area contributed by atoms with Gasteiger partial charge in [-0.1, -0.05) is 32.9 Å². The van der Waals surface area contributed by atoms with Crippen LogP contribution in [0.25, 0.3) is 21.8 Å². The lowest BCUT2D eigenvalue weighted by molar-refractivity contribution is -0.137. The smallest absolute Gasteiger partial charge is 0.301 e. The third kappa shape index (κ3) is 9.57. The number of hydrogen-bond donors (Lipinski definition) is 2. The van der Waals surface area contributed by atoms with E-state index in [1.165, 1.54) is 35.6 Å². The minimum atomic E-state index is -4.03. The van der Waals surface area contributed by atoms with Crippen LogP contribution < -0.4 is 20.3 Å². The van der Waals surface area contributed by atoms with Crippen molar-refractivity contribution in [3.05, 3.63) is 87.9 Å². The van der Waals surface area contributed by atoms with Crippen LogP contribution in [0.3, 0.4) is 0 Å². The third-order valence-corrected chi connectivity index (χ3v) is 15.3. The van der Waals surface area contributed by atoms with Gasteiger partial charge in [-0.2, -0.15) is 23.1 Å². The maximum atomic E-state index is 15.1. The van der Waals surface area contributed by atoms with Crippen LogP contribution in [0.4, 0.5) is 10.1 Å². The molecule has 3 amide bonds. The highest BCUT2D eigenvalue weighted by atomic mass is 32.2. The first kappa shape index (κ1) is 48.2. The van der Waals surface area contributed by atoms with Crippen molar-refractivity contribution in [1.82, 2.24) is 38.8 Å². The lowest BCUT2D eigenvalue weighted by Crippen LogP contribution is -2.50. The van der Waals surface area contributed by atoms with E-state index in [4.69, 9.17) is 9.47 Å². The van der Waals surface area contributed by atoms with E-state index in [0.29, 0.717) is 68.9 Å². The molecular weight excluding hydrogens is 896 g/mol. The summed E-state index contributed by atoms with van der Waals surface area (Å²) >= 11 is 0. The fourth-order valence-corrected chi connectivity index (χ4v) is 10.7. The zero-order valence-corrected chi connectivity index (χ0v) is 39.8. The molecule has 3 aromatic carbocycles. The second kappa shape index (κ2) is 19.8. The largest absolute Gasteiger partial charge is 0.453 e. The molecule has 0 aliphatic carbocycles. The van der Waals surface area contributed by atoms with Gasteiger partial charge in [-0.25, -0.2) is 9.37 Å². The van der Waals surface area contributed by atoms with Crippen molar-refractivity contribution in [2.75, 3.05) is 57.6 Å². The first-order chi connectivity index (χ1) is 32.7. The average molecular weight is 953 g/mol. The number of nitriles is 1. The molecule has 4 aliphatic heterocycles. The van der Waals surface area contributed by atoms with E-state index >= 15 is 4.39 Å². The van der Waals surface area contributed by atoms with E-state index in [1.54, 1.807) is 13.0 Å². The fourth-order valence-electron chi connectivity index (χ4n) is 9.79. The van der Waals surface area contributed by atoms with Crippen LogP contribution in [0.1, 0.15) is 100 Å². The Morgan fingerprint density at radius 2 is 1.79 bits per heavy atom. The van der Waals surface area contributed by atoms with E-state index in [-0.39, 0.29) is 64.9 Å². The average Bonchev–Trinajstić information content (AvgIpc) is 3.90. The number of nitrogens with one attached hydrogen (secondary N) is 2. The van der Waals surface area contributed by atoms with Gasteiger partial charge in [0, 0.05) is 45.5 Å². The number of carbonyl (C=O) groups excluding carboxylic acids is 3. The molecule has 9 rings (SSSR count). The molecule has 68 heavy (non-hydrogen) atoms. The highest BCUT2D eigenvalue weighted by Crippen LogP contribution is 2.41. The number of halogens is 1. The number of benzene rings is 3. The SMILES string of the molecule is CC.CCN(C)S(=O)(=O)Nc1ccc(F)c(Oc2ccc3ncn([C@H]4COC5(CCN(C(=O)CN6CCC(c7ccc8c(C9CCC(=O)NC9=O)nn(C)c8c7)CC6)CC5)C4)c(=O)c3c2)c1C#N. The van der Waals surface area contributed by atoms with Crippen molar-refractivity contribution in [2.45, 2.75) is 89.2 Å². The zero-order valence-electron chi connectivity index (χ0n) is 39.0. The number of piperidine rings is 3. The van der Waals surface area contributed by atoms with Crippen LogP contribution in [0.15, 0.2) is 59.7 Å². The summed E-state index contributed by atoms with van der Waals surface area (Å²) in [6.45, 7) is 9.09. The number of amides is 3. The zero-order chi connectivity index (χ0) is 48.5. The second-order valence-corrected chi connectivity index (χ2v) is 19.5. The summed E-state index contributed by atoms with van der Waals surface area (Å²) in [5.41, 5.74) is 1.86. The van der Waals surface area contributed by atoms with Gasteiger partial charge >= 0.3 is 10.2 Å². The Morgan fingerprint density at radius 3 is 2.50 bits per heavy atom. The van der Waals surface area contributed by atoms with Crippen molar-refractivity contribution < 1.29 is 36.7 Å². The number of aryl methyl sites for hydroxylation is 1. The Kier molecular flexibility index (Phi) is 14.0. The summed E-state index contributed by atoms with van der Waals surface area (Å²) in [5.74, 6) is -1.93. The first-order valence-electron chi connectivity index (χ1n) is 23.3. The lowest BCUT2D eigenvalue weighted by Gasteiger charge is -2.40. The van der Waals surface area contributed by atoms with Crippen molar-refractivity contribution >= 4 is 55.4 Å². The number of nitrogens with zero attached hydrogens (tertiary/aromatic N) is 8. The maximum Gasteiger partial charge on any atom is 0.301 e. The molecule has 4 aliphatic rings. The Hall–Kier alpha value is -6.27. The Morgan fingerprint density at radius 1 is 1.04 bits per heavy atom. The van der Waals surface area contributed by atoms with Crippen LogP contribution in [0.5, 0.6) is 11.5 Å². The van der Waals surface area contributed by atoms with E-state index in [1.807, 2.05) is 42.6 Å². The van der Waals surface area contributed by atoms with E-state index < -0.39 is 33.3 Å². The molecular formula is C48H57FN10O8S.